The molecule has 0 spiro atoms. The molecule has 0 atom stereocenters. The molecular formula is C16H20O3. The van der Waals surface area contributed by atoms with Gasteiger partial charge in [-0.15, -0.1) is 0 Å². The summed E-state index contributed by atoms with van der Waals surface area (Å²) in [7, 11) is 0. The quantitative estimate of drug-likeness (QED) is 0.817. The topological polar surface area (TPSA) is 57.5 Å². The molecule has 2 N–H and O–H groups in total. The molecule has 0 heterocycles. The van der Waals surface area contributed by atoms with Gasteiger partial charge in [0.2, 0.25) is 11.2 Å². The first-order chi connectivity index (χ1) is 9.01. The first kappa shape index (κ1) is 16.7. The van der Waals surface area contributed by atoms with Crippen molar-refractivity contribution in [1.82, 2.24) is 0 Å². The molecule has 0 unspecified atom stereocenters. The van der Waals surface area contributed by atoms with Gasteiger partial charge in [0.05, 0.1) is 0 Å². The van der Waals surface area contributed by atoms with Crippen LogP contribution in [0.3, 0.4) is 0 Å². The Morgan fingerprint density at radius 3 is 2.26 bits per heavy atom. The maximum atomic E-state index is 11.4. The van der Waals surface area contributed by atoms with Crippen LogP contribution in [-0.4, -0.2) is 10.2 Å². The third-order valence-electron chi connectivity index (χ3n) is 2.36. The molecule has 0 aliphatic rings. The minimum Gasteiger partial charge on any atom is -0.504 e. The molecule has 1 aromatic carbocycles. The van der Waals surface area contributed by atoms with Crippen LogP contribution in [0.15, 0.2) is 48.3 Å². The maximum absolute atomic E-state index is 11.4. The Kier molecular flexibility index (Phi) is 6.97. The van der Waals surface area contributed by atoms with Crippen molar-refractivity contribution in [3.8, 4) is 11.5 Å². The largest absolute Gasteiger partial charge is 0.504 e. The van der Waals surface area contributed by atoms with Crippen LogP contribution < -0.4 is 5.43 Å². The lowest BCUT2D eigenvalue weighted by Crippen LogP contribution is -1.94. The van der Waals surface area contributed by atoms with Crippen molar-refractivity contribution in [2.75, 3.05) is 0 Å². The lowest BCUT2D eigenvalue weighted by Gasteiger charge is -2.02. The molecule has 0 aliphatic carbocycles. The molecule has 0 saturated heterocycles. The van der Waals surface area contributed by atoms with Crippen LogP contribution in [0, 0.1) is 6.92 Å². The summed E-state index contributed by atoms with van der Waals surface area (Å²) in [6.45, 7) is 13.0. The van der Waals surface area contributed by atoms with Crippen LogP contribution in [0.4, 0.5) is 0 Å². The predicted molar refractivity (Wildman–Crippen MR) is 80.5 cm³/mol. The maximum Gasteiger partial charge on any atom is 0.224 e. The zero-order chi connectivity index (χ0) is 15.0. The lowest BCUT2D eigenvalue weighted by atomic mass is 10.0. The van der Waals surface area contributed by atoms with E-state index in [0.717, 1.165) is 0 Å². The zero-order valence-electron chi connectivity index (χ0n) is 11.6. The molecule has 1 aromatic rings. The summed E-state index contributed by atoms with van der Waals surface area (Å²) < 4.78 is 0. The molecule has 0 aliphatic heterocycles. The van der Waals surface area contributed by atoms with Crippen LogP contribution in [0.25, 0.3) is 5.57 Å². The minimum atomic E-state index is -0.652. The van der Waals surface area contributed by atoms with Crippen LogP contribution >= 0.6 is 0 Å². The Hall–Kier alpha value is -2.29. The second-order valence-electron chi connectivity index (χ2n) is 3.55. The Labute approximate surface area is 113 Å². The van der Waals surface area contributed by atoms with Crippen LogP contribution in [0.5, 0.6) is 11.5 Å². The summed E-state index contributed by atoms with van der Waals surface area (Å²) in [5.74, 6) is -1.10. The van der Waals surface area contributed by atoms with Crippen molar-refractivity contribution in [3.05, 3.63) is 64.9 Å². The molecule has 0 bridgehead atoms. The highest BCUT2D eigenvalue weighted by Gasteiger charge is 2.08. The standard InChI is InChI=1S/C14H14O3.C2H6/c1-4-6-10(5-2)11-8-13(16)14(17)12(15)7-9(11)3;1-2/h4-8H,1-2H2,3H3,(H2,15,16,17);1-2H3/b10-6+;. The molecule has 0 saturated carbocycles. The summed E-state index contributed by atoms with van der Waals surface area (Å²) in [6, 6.07) is 2.61. The number of hydrogen-bond acceptors (Lipinski definition) is 3. The van der Waals surface area contributed by atoms with E-state index in [2.05, 4.69) is 13.2 Å². The van der Waals surface area contributed by atoms with Gasteiger partial charge in [0.1, 0.15) is 0 Å². The average Bonchev–Trinajstić information content (AvgIpc) is 2.51. The van der Waals surface area contributed by atoms with Crippen molar-refractivity contribution in [2.24, 2.45) is 0 Å². The van der Waals surface area contributed by atoms with E-state index in [1.54, 1.807) is 25.2 Å². The summed E-state index contributed by atoms with van der Waals surface area (Å²) >= 11 is 0. The smallest absolute Gasteiger partial charge is 0.224 e. The fourth-order valence-electron chi connectivity index (χ4n) is 1.49. The SMILES string of the molecule is C=C/C=C(\C=C)c1cc(O)c(O)c(=O)cc1C.CC. The summed E-state index contributed by atoms with van der Waals surface area (Å²) in [4.78, 5) is 11.4. The lowest BCUT2D eigenvalue weighted by molar-refractivity contribution is 0.402. The Balaban J connectivity index is 0.00000154. The fourth-order valence-corrected chi connectivity index (χ4v) is 1.49. The number of aryl methyl sites for hydroxylation is 1. The fraction of sp³-hybridized carbons (Fsp3) is 0.188. The van der Waals surface area contributed by atoms with E-state index in [1.165, 1.54) is 12.1 Å². The Morgan fingerprint density at radius 1 is 1.21 bits per heavy atom. The average molecular weight is 260 g/mol. The van der Waals surface area contributed by atoms with Gasteiger partial charge in [-0.25, -0.2) is 0 Å². The van der Waals surface area contributed by atoms with Crippen LogP contribution in [-0.2, 0) is 0 Å². The Morgan fingerprint density at radius 2 is 1.79 bits per heavy atom. The number of hydrogen-bond donors (Lipinski definition) is 2. The summed E-state index contributed by atoms with van der Waals surface area (Å²) in [6.07, 6.45) is 4.87. The second-order valence-corrected chi connectivity index (χ2v) is 3.55. The van der Waals surface area contributed by atoms with E-state index in [1.807, 2.05) is 13.8 Å². The molecule has 3 heteroatoms. The normalized spacial score (nSPS) is 10.2. The van der Waals surface area contributed by atoms with Gasteiger partial charge in [0.15, 0.2) is 5.75 Å². The van der Waals surface area contributed by atoms with Gasteiger partial charge in [-0.05, 0) is 35.8 Å². The van der Waals surface area contributed by atoms with E-state index >= 15 is 0 Å². The highest BCUT2D eigenvalue weighted by atomic mass is 16.3. The number of rotatable bonds is 3. The van der Waals surface area contributed by atoms with Crippen molar-refractivity contribution in [2.45, 2.75) is 20.8 Å². The van der Waals surface area contributed by atoms with E-state index in [4.69, 9.17) is 0 Å². The van der Waals surface area contributed by atoms with Gasteiger partial charge in [-0.1, -0.05) is 45.2 Å². The molecule has 1 rings (SSSR count). The van der Waals surface area contributed by atoms with Crippen molar-refractivity contribution < 1.29 is 10.2 Å². The van der Waals surface area contributed by atoms with Gasteiger partial charge >= 0.3 is 0 Å². The van der Waals surface area contributed by atoms with Gasteiger partial charge < -0.3 is 10.2 Å². The summed E-state index contributed by atoms with van der Waals surface area (Å²) in [5.41, 5.74) is 1.35. The third-order valence-corrected chi connectivity index (χ3v) is 2.36. The number of allylic oxidation sites excluding steroid dienone is 4. The monoisotopic (exact) mass is 260 g/mol. The van der Waals surface area contributed by atoms with E-state index in [9.17, 15) is 15.0 Å². The van der Waals surface area contributed by atoms with Crippen LogP contribution in [0.1, 0.15) is 25.0 Å². The molecule has 3 nitrogen and oxygen atoms in total. The van der Waals surface area contributed by atoms with Crippen molar-refractivity contribution >= 4 is 5.57 Å². The van der Waals surface area contributed by atoms with Gasteiger partial charge in [-0.3, -0.25) is 4.79 Å². The molecule has 0 aromatic heterocycles. The van der Waals surface area contributed by atoms with E-state index in [0.29, 0.717) is 16.7 Å². The molecule has 0 fully saturated rings. The van der Waals surface area contributed by atoms with Gasteiger partial charge in [0.25, 0.3) is 0 Å². The van der Waals surface area contributed by atoms with Gasteiger partial charge in [0, 0.05) is 0 Å². The van der Waals surface area contributed by atoms with E-state index < -0.39 is 16.9 Å². The third kappa shape index (κ3) is 4.14. The Bertz CT molecular complexity index is 555. The molecule has 0 radical (unpaired) electrons. The number of aromatic hydroxyl groups is 2. The second kappa shape index (κ2) is 7.93. The zero-order valence-corrected chi connectivity index (χ0v) is 11.6. The van der Waals surface area contributed by atoms with Crippen LogP contribution in [0.2, 0.25) is 0 Å². The highest BCUT2D eigenvalue weighted by Crippen LogP contribution is 2.26. The van der Waals surface area contributed by atoms with E-state index in [-0.39, 0.29) is 0 Å². The van der Waals surface area contributed by atoms with Crippen molar-refractivity contribution in [3.63, 3.8) is 0 Å². The van der Waals surface area contributed by atoms with Gasteiger partial charge in [-0.2, -0.15) is 0 Å². The molecule has 0 amide bonds. The first-order valence-corrected chi connectivity index (χ1v) is 6.03. The summed E-state index contributed by atoms with van der Waals surface area (Å²) in [5, 5.41) is 18.9. The predicted octanol–water partition coefficient (Wildman–Crippen LogP) is 3.55. The molecule has 19 heavy (non-hydrogen) atoms. The highest BCUT2D eigenvalue weighted by molar-refractivity contribution is 5.77. The van der Waals surface area contributed by atoms with Crippen molar-refractivity contribution in [1.29, 1.82) is 0 Å². The molecular weight excluding hydrogens is 240 g/mol. The first-order valence-electron chi connectivity index (χ1n) is 6.03. The minimum absolute atomic E-state index is 0.449. The molecule has 102 valence electrons.